The lowest BCUT2D eigenvalue weighted by Crippen LogP contribution is -2.44. The highest BCUT2D eigenvalue weighted by molar-refractivity contribution is 7.98. The fourth-order valence-electron chi connectivity index (χ4n) is 2.59. The van der Waals surface area contributed by atoms with Gasteiger partial charge in [0.05, 0.1) is 0 Å². The standard InChI is InChI=1S/C19H18F2N2O4S/c1-28-10-9-14(23-17(24)12-5-3-2-4-6-12)18(25)22-13-7-8-15-16(11-13)27-19(20,21)26-15/h2-8,11,14H,9-10H2,1H3,(H,22,25)(H,23,24)/t14-/m1/s1. The number of hydrogen-bond donors (Lipinski definition) is 2. The van der Waals surface area contributed by atoms with Crippen LogP contribution in [-0.2, 0) is 4.79 Å². The first-order valence-electron chi connectivity index (χ1n) is 8.43. The molecule has 0 saturated heterocycles. The largest absolute Gasteiger partial charge is 0.586 e. The molecular formula is C19H18F2N2O4S. The maximum Gasteiger partial charge on any atom is 0.586 e. The lowest BCUT2D eigenvalue weighted by atomic mass is 10.1. The lowest BCUT2D eigenvalue weighted by Gasteiger charge is -2.18. The minimum Gasteiger partial charge on any atom is -0.395 e. The highest BCUT2D eigenvalue weighted by atomic mass is 32.2. The van der Waals surface area contributed by atoms with Crippen molar-refractivity contribution >= 4 is 29.3 Å². The van der Waals surface area contributed by atoms with Crippen LogP contribution in [0.1, 0.15) is 16.8 Å². The molecule has 0 bridgehead atoms. The lowest BCUT2D eigenvalue weighted by molar-refractivity contribution is -0.286. The highest BCUT2D eigenvalue weighted by Gasteiger charge is 2.43. The zero-order valence-corrected chi connectivity index (χ0v) is 15.7. The number of carbonyl (C=O) groups is 2. The topological polar surface area (TPSA) is 76.7 Å². The number of rotatable bonds is 7. The first-order valence-corrected chi connectivity index (χ1v) is 9.83. The molecule has 28 heavy (non-hydrogen) atoms. The van der Waals surface area contributed by atoms with Crippen molar-refractivity contribution in [3.8, 4) is 11.5 Å². The second-order valence-electron chi connectivity index (χ2n) is 5.99. The smallest absolute Gasteiger partial charge is 0.395 e. The van der Waals surface area contributed by atoms with Gasteiger partial charge >= 0.3 is 6.29 Å². The molecule has 0 aromatic heterocycles. The maximum atomic E-state index is 13.1. The number of ether oxygens (including phenoxy) is 2. The predicted molar refractivity (Wildman–Crippen MR) is 102 cm³/mol. The van der Waals surface area contributed by atoms with E-state index in [1.807, 2.05) is 6.26 Å². The molecule has 6 nitrogen and oxygen atoms in total. The predicted octanol–water partition coefficient (Wildman–Crippen LogP) is 3.50. The number of nitrogens with one attached hydrogen (secondary N) is 2. The molecule has 3 rings (SSSR count). The number of halogens is 2. The molecule has 9 heteroatoms. The van der Waals surface area contributed by atoms with Crippen LogP contribution in [-0.4, -0.2) is 36.2 Å². The molecule has 1 aliphatic rings. The van der Waals surface area contributed by atoms with Crippen LogP contribution in [0.3, 0.4) is 0 Å². The molecule has 2 aromatic rings. The summed E-state index contributed by atoms with van der Waals surface area (Å²) >= 11 is 1.54. The molecule has 0 radical (unpaired) electrons. The van der Waals surface area contributed by atoms with E-state index < -0.39 is 18.2 Å². The average molecular weight is 408 g/mol. The van der Waals surface area contributed by atoms with Crippen molar-refractivity contribution in [3.63, 3.8) is 0 Å². The van der Waals surface area contributed by atoms with Crippen LogP contribution in [0.15, 0.2) is 48.5 Å². The number of hydrogen-bond acceptors (Lipinski definition) is 5. The van der Waals surface area contributed by atoms with Crippen LogP contribution in [0.5, 0.6) is 11.5 Å². The summed E-state index contributed by atoms with van der Waals surface area (Å²) in [5.41, 5.74) is 0.697. The molecule has 0 spiro atoms. The Labute approximate surface area is 164 Å². The average Bonchev–Trinajstić information content (AvgIpc) is 2.98. The van der Waals surface area contributed by atoms with Crippen LogP contribution >= 0.6 is 11.8 Å². The number of alkyl halides is 2. The molecule has 148 valence electrons. The van der Waals surface area contributed by atoms with Gasteiger partial charge in [-0.3, -0.25) is 9.59 Å². The maximum absolute atomic E-state index is 13.1. The molecular weight excluding hydrogens is 390 g/mol. The number of amides is 2. The van der Waals surface area contributed by atoms with Crippen LogP contribution in [0, 0.1) is 0 Å². The molecule has 0 aliphatic carbocycles. The first-order chi connectivity index (χ1) is 13.4. The Kier molecular flexibility index (Phi) is 6.03. The summed E-state index contributed by atoms with van der Waals surface area (Å²) in [6.07, 6.45) is -1.42. The van der Waals surface area contributed by atoms with Gasteiger partial charge in [-0.1, -0.05) is 18.2 Å². The first kappa shape index (κ1) is 19.9. The minimum atomic E-state index is -3.73. The van der Waals surface area contributed by atoms with Gasteiger partial charge < -0.3 is 20.1 Å². The second kappa shape index (κ2) is 8.47. The third-order valence-electron chi connectivity index (χ3n) is 3.94. The van der Waals surface area contributed by atoms with Gasteiger partial charge in [-0.05, 0) is 42.7 Å². The van der Waals surface area contributed by atoms with Crippen LogP contribution in [0.25, 0.3) is 0 Å². The molecule has 0 unspecified atom stereocenters. The van der Waals surface area contributed by atoms with E-state index in [-0.39, 0.29) is 23.1 Å². The van der Waals surface area contributed by atoms with Gasteiger partial charge in [0.1, 0.15) is 6.04 Å². The van der Waals surface area contributed by atoms with E-state index in [9.17, 15) is 18.4 Å². The fourth-order valence-corrected chi connectivity index (χ4v) is 3.06. The van der Waals surface area contributed by atoms with Gasteiger partial charge in [0.2, 0.25) is 5.91 Å². The summed E-state index contributed by atoms with van der Waals surface area (Å²) in [6.45, 7) is 0. The van der Waals surface area contributed by atoms with E-state index in [1.165, 1.54) is 18.2 Å². The summed E-state index contributed by atoms with van der Waals surface area (Å²) in [6, 6.07) is 11.7. The summed E-state index contributed by atoms with van der Waals surface area (Å²) < 4.78 is 35.0. The van der Waals surface area contributed by atoms with Crippen molar-refractivity contribution in [2.24, 2.45) is 0 Å². The Morgan fingerprint density at radius 1 is 1.11 bits per heavy atom. The van der Waals surface area contributed by atoms with Gasteiger partial charge in [-0.2, -0.15) is 11.8 Å². The van der Waals surface area contributed by atoms with Crippen molar-refractivity contribution in [1.29, 1.82) is 0 Å². The SMILES string of the molecule is CSCC[C@@H](NC(=O)c1ccccc1)C(=O)Nc1ccc2c(c1)OC(F)(F)O2. The fraction of sp³-hybridized carbons (Fsp3) is 0.263. The summed E-state index contributed by atoms with van der Waals surface area (Å²) in [5.74, 6) is -0.451. The van der Waals surface area contributed by atoms with Gasteiger partial charge in [-0.25, -0.2) is 0 Å². The quantitative estimate of drug-likeness (QED) is 0.733. The molecule has 2 N–H and O–H groups in total. The molecule has 0 saturated carbocycles. The number of thioether (sulfide) groups is 1. The highest BCUT2D eigenvalue weighted by Crippen LogP contribution is 2.42. The van der Waals surface area contributed by atoms with Crippen molar-refractivity contribution in [2.45, 2.75) is 18.8 Å². The Morgan fingerprint density at radius 2 is 1.82 bits per heavy atom. The zero-order chi connectivity index (χ0) is 20.1. The summed E-state index contributed by atoms with van der Waals surface area (Å²) in [4.78, 5) is 25.0. The number of fused-ring (bicyclic) bond motifs is 1. The van der Waals surface area contributed by atoms with Gasteiger partial charge in [0, 0.05) is 17.3 Å². The summed E-state index contributed by atoms with van der Waals surface area (Å²) in [7, 11) is 0. The van der Waals surface area contributed by atoms with Gasteiger partial charge in [0.25, 0.3) is 5.91 Å². The number of benzene rings is 2. The van der Waals surface area contributed by atoms with Crippen molar-refractivity contribution < 1.29 is 27.8 Å². The number of anilines is 1. The van der Waals surface area contributed by atoms with Crippen molar-refractivity contribution in [2.75, 3.05) is 17.3 Å². The molecule has 2 aromatic carbocycles. The van der Waals surface area contributed by atoms with E-state index in [0.717, 1.165) is 0 Å². The third kappa shape index (κ3) is 4.92. The van der Waals surface area contributed by atoms with E-state index in [1.54, 1.807) is 42.1 Å². The second-order valence-corrected chi connectivity index (χ2v) is 6.98. The van der Waals surface area contributed by atoms with E-state index in [2.05, 4.69) is 20.1 Å². The van der Waals surface area contributed by atoms with Crippen LogP contribution in [0.2, 0.25) is 0 Å². The van der Waals surface area contributed by atoms with E-state index in [0.29, 0.717) is 17.7 Å². The Hall–Kier alpha value is -2.81. The molecule has 1 aliphatic heterocycles. The Bertz CT molecular complexity index is 864. The van der Waals surface area contributed by atoms with E-state index >= 15 is 0 Å². The van der Waals surface area contributed by atoms with Crippen LogP contribution in [0.4, 0.5) is 14.5 Å². The normalized spacial score (nSPS) is 15.0. The molecule has 1 heterocycles. The zero-order valence-electron chi connectivity index (χ0n) is 14.9. The minimum absolute atomic E-state index is 0.112. The summed E-state index contributed by atoms with van der Waals surface area (Å²) in [5, 5.41) is 5.33. The Morgan fingerprint density at radius 3 is 2.54 bits per heavy atom. The number of carbonyl (C=O) groups excluding carboxylic acids is 2. The monoisotopic (exact) mass is 408 g/mol. The Balaban J connectivity index is 1.69. The van der Waals surface area contributed by atoms with Gasteiger partial charge in [-0.15, -0.1) is 8.78 Å². The van der Waals surface area contributed by atoms with Crippen molar-refractivity contribution in [1.82, 2.24) is 5.32 Å². The van der Waals surface area contributed by atoms with Gasteiger partial charge in [0.15, 0.2) is 11.5 Å². The van der Waals surface area contributed by atoms with Crippen LogP contribution < -0.4 is 20.1 Å². The molecule has 2 amide bonds. The molecule has 1 atom stereocenters. The van der Waals surface area contributed by atoms with E-state index in [4.69, 9.17) is 0 Å². The van der Waals surface area contributed by atoms with Crippen molar-refractivity contribution in [3.05, 3.63) is 54.1 Å². The third-order valence-corrected chi connectivity index (χ3v) is 4.58. The molecule has 0 fully saturated rings.